The van der Waals surface area contributed by atoms with Crippen molar-refractivity contribution in [2.45, 2.75) is 25.3 Å². The zero-order valence-electron chi connectivity index (χ0n) is 17.8. The third-order valence-electron chi connectivity index (χ3n) is 5.46. The van der Waals surface area contributed by atoms with Gasteiger partial charge in [-0.1, -0.05) is 12.1 Å². The molecule has 1 aromatic carbocycles. The maximum atomic E-state index is 12.7. The number of benzene rings is 1. The van der Waals surface area contributed by atoms with Crippen LogP contribution in [-0.4, -0.2) is 94.9 Å². The zero-order chi connectivity index (χ0) is 24.3. The number of amides is 5. The topological polar surface area (TPSA) is 192 Å². The van der Waals surface area contributed by atoms with E-state index in [1.54, 1.807) is 13.0 Å². The van der Waals surface area contributed by atoms with Gasteiger partial charge in [0.1, 0.15) is 11.8 Å². The fourth-order valence-corrected chi connectivity index (χ4v) is 3.63. The van der Waals surface area contributed by atoms with E-state index >= 15 is 0 Å². The van der Waals surface area contributed by atoms with Gasteiger partial charge in [0.2, 0.25) is 5.91 Å². The van der Waals surface area contributed by atoms with Crippen LogP contribution in [0.15, 0.2) is 18.2 Å². The monoisotopic (exact) mass is 461 g/mol. The molecule has 6 N–H and O–H groups in total. The summed E-state index contributed by atoms with van der Waals surface area (Å²) in [6.07, 6.45) is 0.0700. The van der Waals surface area contributed by atoms with E-state index in [0.29, 0.717) is 17.0 Å². The molecule has 0 spiro atoms. The minimum Gasteiger partial charge on any atom is -0.534 e. The summed E-state index contributed by atoms with van der Waals surface area (Å²) in [5, 5.41) is 24.4. The first kappa shape index (κ1) is 24.0. The quantitative estimate of drug-likeness (QED) is 0.226. The van der Waals surface area contributed by atoms with Crippen molar-refractivity contribution in [3.05, 3.63) is 29.3 Å². The number of piperazine rings is 1. The Labute approximate surface area is 189 Å². The van der Waals surface area contributed by atoms with Gasteiger partial charge in [-0.3, -0.25) is 19.3 Å². The van der Waals surface area contributed by atoms with Crippen molar-refractivity contribution in [3.8, 4) is 5.75 Å². The number of aromatic carboxylic acids is 1. The Balaban J connectivity index is 1.65. The molecule has 2 aliphatic rings. The number of carbonyl (C=O) groups is 5. The van der Waals surface area contributed by atoms with E-state index in [4.69, 9.17) is 10.4 Å². The lowest BCUT2D eigenvalue weighted by atomic mass is 9.72. The first-order valence-electron chi connectivity index (χ1n) is 10.3. The highest BCUT2D eigenvalue weighted by molar-refractivity contribution is 6.47. The minimum absolute atomic E-state index is 0.0149. The number of carbonyl (C=O) groups excluding carboxylic acids is 4. The Morgan fingerprint density at radius 2 is 2.00 bits per heavy atom. The molecule has 0 bridgehead atoms. The number of nitrogens with two attached hydrogens (primary N) is 1. The fraction of sp³-hybridized carbons (Fsp3) is 0.421. The van der Waals surface area contributed by atoms with Gasteiger partial charge < -0.3 is 36.1 Å². The summed E-state index contributed by atoms with van der Waals surface area (Å²) in [6.45, 7) is 1.87. The number of rotatable bonds is 6. The normalized spacial score (nSPS) is 18.9. The molecule has 2 heterocycles. The lowest BCUT2D eigenvalue weighted by Crippen LogP contribution is -2.63. The van der Waals surface area contributed by atoms with Crippen molar-refractivity contribution in [1.29, 1.82) is 0 Å². The first-order chi connectivity index (χ1) is 15.7. The van der Waals surface area contributed by atoms with Crippen molar-refractivity contribution in [2.24, 2.45) is 5.73 Å². The molecule has 2 aliphatic heterocycles. The van der Waals surface area contributed by atoms with Crippen LogP contribution in [0.5, 0.6) is 5.75 Å². The number of imide groups is 1. The highest BCUT2D eigenvalue weighted by Gasteiger charge is 2.40. The Hall–Kier alpha value is -3.65. The highest BCUT2D eigenvalue weighted by Crippen LogP contribution is 2.30. The van der Waals surface area contributed by atoms with E-state index in [-0.39, 0.29) is 37.4 Å². The minimum atomic E-state index is -1.54. The zero-order valence-corrected chi connectivity index (χ0v) is 17.8. The molecule has 13 nitrogen and oxygen atoms in total. The van der Waals surface area contributed by atoms with E-state index in [1.165, 1.54) is 17.0 Å². The third kappa shape index (κ3) is 4.91. The summed E-state index contributed by atoms with van der Waals surface area (Å²) in [7, 11) is -1.54. The molecule has 3 rings (SSSR count). The Kier molecular flexibility index (Phi) is 7.18. The summed E-state index contributed by atoms with van der Waals surface area (Å²) in [5.74, 6) is -4.71. The van der Waals surface area contributed by atoms with Crippen LogP contribution in [0.1, 0.15) is 22.8 Å². The van der Waals surface area contributed by atoms with Crippen LogP contribution >= 0.6 is 0 Å². The summed E-state index contributed by atoms with van der Waals surface area (Å²) in [6, 6.07) is 2.25. The summed E-state index contributed by atoms with van der Waals surface area (Å²) >= 11 is 0. The summed E-state index contributed by atoms with van der Waals surface area (Å²) < 4.78 is 5.32. The molecule has 33 heavy (non-hydrogen) atoms. The van der Waals surface area contributed by atoms with Crippen molar-refractivity contribution in [3.63, 3.8) is 0 Å². The number of hydrogen-bond donors (Lipinski definition) is 5. The number of para-hydroxylation sites is 1. The van der Waals surface area contributed by atoms with E-state index in [1.807, 2.05) is 0 Å². The molecular formula is C19H24BN5O8. The van der Waals surface area contributed by atoms with E-state index in [2.05, 4.69) is 10.6 Å². The van der Waals surface area contributed by atoms with Crippen LogP contribution in [0.2, 0.25) is 0 Å². The van der Waals surface area contributed by atoms with Crippen LogP contribution in [0.25, 0.3) is 0 Å². The summed E-state index contributed by atoms with van der Waals surface area (Å²) in [5.41, 5.74) is 5.96. The standard InChI is InChI=1S/C19H24BN5O8/c1-2-24-6-7-25(17(28)16(24)27)19(31)22-12(9-21)15(26)23-13-8-10-4-3-5-11(18(29)30)14(10)33-20(13)32/h3-5,12-13,32H,2,6-9,21H2,1H3,(H,22,31)(H,23,26)(H,29,30)/t12-,13+/m1/s1. The van der Waals surface area contributed by atoms with E-state index in [9.17, 15) is 34.1 Å². The van der Waals surface area contributed by atoms with Crippen LogP contribution in [-0.2, 0) is 20.8 Å². The number of hydrogen-bond acceptors (Lipinski definition) is 8. The number of carboxylic acids is 1. The molecule has 1 aromatic rings. The first-order valence-corrected chi connectivity index (χ1v) is 10.3. The molecule has 1 saturated heterocycles. The van der Waals surface area contributed by atoms with Gasteiger partial charge >= 0.3 is 30.9 Å². The van der Waals surface area contributed by atoms with Gasteiger partial charge in [0, 0.05) is 26.2 Å². The molecule has 0 unspecified atom stereocenters. The maximum Gasteiger partial charge on any atom is 0.547 e. The Morgan fingerprint density at radius 3 is 2.64 bits per heavy atom. The largest absolute Gasteiger partial charge is 0.547 e. The Morgan fingerprint density at radius 1 is 1.27 bits per heavy atom. The molecule has 0 saturated carbocycles. The number of likely N-dealkylation sites (N-methyl/N-ethyl adjacent to an activating group) is 1. The molecule has 0 aliphatic carbocycles. The average molecular weight is 461 g/mol. The summed E-state index contributed by atoms with van der Waals surface area (Å²) in [4.78, 5) is 62.7. The number of carboxylic acid groups (broad SMARTS) is 1. The van der Waals surface area contributed by atoms with Crippen molar-refractivity contribution >= 4 is 36.8 Å². The molecule has 0 aromatic heterocycles. The molecule has 2 atom stereocenters. The van der Waals surface area contributed by atoms with Gasteiger partial charge in [0.05, 0.1) is 11.5 Å². The SMILES string of the molecule is CCN1CCN(C(=O)N[C@H](CN)C(=O)N[C@H]2Cc3cccc(C(=O)O)c3OB2O)C(=O)C1=O. The Bertz CT molecular complexity index is 989. The van der Waals surface area contributed by atoms with Crippen molar-refractivity contribution in [1.82, 2.24) is 20.4 Å². The smallest absolute Gasteiger partial charge is 0.534 e. The third-order valence-corrected chi connectivity index (χ3v) is 5.46. The highest BCUT2D eigenvalue weighted by atomic mass is 16.5. The number of nitrogens with zero attached hydrogens (tertiary/aromatic N) is 2. The van der Waals surface area contributed by atoms with Crippen LogP contribution in [0.3, 0.4) is 0 Å². The molecular weight excluding hydrogens is 437 g/mol. The second kappa shape index (κ2) is 9.87. The van der Waals surface area contributed by atoms with Crippen LogP contribution in [0.4, 0.5) is 4.79 Å². The fourth-order valence-electron chi connectivity index (χ4n) is 3.63. The van der Waals surface area contributed by atoms with Gasteiger partial charge in [0.15, 0.2) is 0 Å². The molecule has 1 fully saturated rings. The lowest BCUT2D eigenvalue weighted by molar-refractivity contribution is -0.153. The second-order valence-corrected chi connectivity index (χ2v) is 7.51. The predicted octanol–water partition coefficient (Wildman–Crippen LogP) is -2.45. The number of urea groups is 1. The average Bonchev–Trinajstić information content (AvgIpc) is 2.78. The van der Waals surface area contributed by atoms with Crippen LogP contribution in [0, 0.1) is 0 Å². The molecule has 0 radical (unpaired) electrons. The van der Waals surface area contributed by atoms with Gasteiger partial charge in [0.25, 0.3) is 0 Å². The number of fused-ring (bicyclic) bond motifs is 1. The van der Waals surface area contributed by atoms with Crippen LogP contribution < -0.4 is 21.0 Å². The van der Waals surface area contributed by atoms with E-state index in [0.717, 1.165) is 0 Å². The van der Waals surface area contributed by atoms with Crippen molar-refractivity contribution in [2.75, 3.05) is 26.2 Å². The maximum absolute atomic E-state index is 12.7. The molecule has 14 heteroatoms. The predicted molar refractivity (Wildman–Crippen MR) is 113 cm³/mol. The van der Waals surface area contributed by atoms with Gasteiger partial charge in [-0.2, -0.15) is 0 Å². The van der Waals surface area contributed by atoms with Gasteiger partial charge in [-0.15, -0.1) is 0 Å². The van der Waals surface area contributed by atoms with E-state index < -0.39 is 48.8 Å². The second-order valence-electron chi connectivity index (χ2n) is 7.51. The van der Waals surface area contributed by atoms with Crippen molar-refractivity contribution < 1.29 is 38.8 Å². The number of nitrogens with one attached hydrogen (secondary N) is 2. The van der Waals surface area contributed by atoms with Gasteiger partial charge in [-0.25, -0.2) is 9.59 Å². The molecule has 5 amide bonds. The lowest BCUT2D eigenvalue weighted by Gasteiger charge is -2.33. The molecule has 176 valence electrons. The van der Waals surface area contributed by atoms with Gasteiger partial charge in [-0.05, 0) is 25.0 Å².